The Kier molecular flexibility index (Phi) is 3.78. The van der Waals surface area contributed by atoms with Crippen molar-refractivity contribution in [1.82, 2.24) is 9.80 Å². The van der Waals surface area contributed by atoms with Crippen LogP contribution in [0.5, 0.6) is 0 Å². The van der Waals surface area contributed by atoms with Gasteiger partial charge in [-0.1, -0.05) is 12.5 Å². The average molecular weight is 306 g/mol. The standard InChI is InChI=1S/C16H22N2O2S/c1-17(2)14(19)12-5-3-7-16(12)8-9-18(11-16)15(20)13-6-4-10-21-13/h4,6,10,12H,3,5,7-9,11H2,1-2H3/t12-,16+/m0/s1. The third-order valence-electron chi connectivity index (χ3n) is 5.05. The summed E-state index contributed by atoms with van der Waals surface area (Å²) in [4.78, 5) is 29.4. The van der Waals surface area contributed by atoms with Gasteiger partial charge in [0.05, 0.1) is 4.88 Å². The van der Waals surface area contributed by atoms with Crippen molar-refractivity contribution in [2.24, 2.45) is 11.3 Å². The molecule has 0 aromatic carbocycles. The molecule has 1 aromatic heterocycles. The average Bonchev–Trinajstić information content (AvgIpc) is 3.19. The molecule has 1 aromatic rings. The Hall–Kier alpha value is -1.36. The molecule has 1 spiro atoms. The fourth-order valence-electron chi connectivity index (χ4n) is 3.95. The molecule has 1 aliphatic carbocycles. The predicted octanol–water partition coefficient (Wildman–Crippen LogP) is 2.47. The van der Waals surface area contributed by atoms with Crippen LogP contribution >= 0.6 is 11.3 Å². The van der Waals surface area contributed by atoms with Crippen LogP contribution < -0.4 is 0 Å². The minimum atomic E-state index is 0.0221. The molecule has 2 amide bonds. The highest BCUT2D eigenvalue weighted by Crippen LogP contribution is 2.50. The molecule has 114 valence electrons. The molecular weight excluding hydrogens is 284 g/mol. The minimum Gasteiger partial charge on any atom is -0.349 e. The number of hydrogen-bond acceptors (Lipinski definition) is 3. The summed E-state index contributed by atoms with van der Waals surface area (Å²) in [6.45, 7) is 1.53. The van der Waals surface area contributed by atoms with Gasteiger partial charge >= 0.3 is 0 Å². The van der Waals surface area contributed by atoms with E-state index in [4.69, 9.17) is 0 Å². The number of carbonyl (C=O) groups excluding carboxylic acids is 2. The molecule has 1 saturated heterocycles. The molecule has 3 rings (SSSR count). The van der Waals surface area contributed by atoms with Crippen molar-refractivity contribution in [2.75, 3.05) is 27.2 Å². The molecule has 0 radical (unpaired) electrons. The van der Waals surface area contributed by atoms with Gasteiger partial charge in [0.2, 0.25) is 5.91 Å². The first-order valence-electron chi connectivity index (χ1n) is 7.57. The van der Waals surface area contributed by atoms with Gasteiger partial charge in [0.1, 0.15) is 0 Å². The predicted molar refractivity (Wildman–Crippen MR) is 83.3 cm³/mol. The first-order chi connectivity index (χ1) is 10.0. The Morgan fingerprint density at radius 3 is 2.86 bits per heavy atom. The smallest absolute Gasteiger partial charge is 0.263 e. The van der Waals surface area contributed by atoms with Crippen LogP contribution in [0.2, 0.25) is 0 Å². The van der Waals surface area contributed by atoms with Gasteiger partial charge in [0.25, 0.3) is 5.91 Å². The van der Waals surface area contributed by atoms with Crippen molar-refractivity contribution >= 4 is 23.2 Å². The fourth-order valence-corrected chi connectivity index (χ4v) is 4.64. The summed E-state index contributed by atoms with van der Waals surface area (Å²) in [6, 6.07) is 3.80. The van der Waals surface area contributed by atoms with Crippen LogP contribution in [-0.4, -0.2) is 48.8 Å². The summed E-state index contributed by atoms with van der Waals surface area (Å²) >= 11 is 1.49. The third-order valence-corrected chi connectivity index (χ3v) is 5.91. The van der Waals surface area contributed by atoms with Gasteiger partial charge in [-0.2, -0.15) is 0 Å². The highest BCUT2D eigenvalue weighted by atomic mass is 32.1. The highest BCUT2D eigenvalue weighted by molar-refractivity contribution is 7.12. The summed E-state index contributed by atoms with van der Waals surface area (Å²) in [5.74, 6) is 0.455. The topological polar surface area (TPSA) is 40.6 Å². The maximum absolute atomic E-state index is 12.5. The molecule has 2 heterocycles. The molecule has 5 heteroatoms. The molecule has 2 aliphatic rings. The lowest BCUT2D eigenvalue weighted by molar-refractivity contribution is -0.136. The van der Waals surface area contributed by atoms with Crippen LogP contribution in [0.3, 0.4) is 0 Å². The van der Waals surface area contributed by atoms with Gasteiger partial charge in [-0.05, 0) is 30.7 Å². The second-order valence-electron chi connectivity index (χ2n) is 6.49. The lowest BCUT2D eigenvalue weighted by atomic mass is 9.76. The molecule has 4 nitrogen and oxygen atoms in total. The van der Waals surface area contributed by atoms with Crippen LogP contribution in [0, 0.1) is 11.3 Å². The van der Waals surface area contributed by atoms with Crippen molar-refractivity contribution in [2.45, 2.75) is 25.7 Å². The first-order valence-corrected chi connectivity index (χ1v) is 8.45. The number of nitrogens with zero attached hydrogens (tertiary/aromatic N) is 2. The van der Waals surface area contributed by atoms with E-state index in [1.807, 2.05) is 36.5 Å². The van der Waals surface area contributed by atoms with E-state index < -0.39 is 0 Å². The van der Waals surface area contributed by atoms with Crippen molar-refractivity contribution in [1.29, 1.82) is 0 Å². The van der Waals surface area contributed by atoms with E-state index in [9.17, 15) is 9.59 Å². The van der Waals surface area contributed by atoms with Gasteiger partial charge in [-0.15, -0.1) is 11.3 Å². The third kappa shape index (κ3) is 2.48. The van der Waals surface area contributed by atoms with Crippen LogP contribution in [0.4, 0.5) is 0 Å². The maximum atomic E-state index is 12.5. The Bertz CT molecular complexity index is 540. The van der Waals surface area contributed by atoms with Crippen molar-refractivity contribution in [3.8, 4) is 0 Å². The number of thiophene rings is 1. The number of hydrogen-bond donors (Lipinski definition) is 0. The number of amides is 2. The monoisotopic (exact) mass is 306 g/mol. The van der Waals surface area contributed by atoms with E-state index in [1.54, 1.807) is 4.90 Å². The van der Waals surface area contributed by atoms with Crippen molar-refractivity contribution < 1.29 is 9.59 Å². The zero-order valence-electron chi connectivity index (χ0n) is 12.7. The molecule has 1 aliphatic heterocycles. The molecule has 2 fully saturated rings. The summed E-state index contributed by atoms with van der Waals surface area (Å²) in [7, 11) is 3.66. The molecule has 21 heavy (non-hydrogen) atoms. The van der Waals surface area contributed by atoms with Crippen LogP contribution in [0.25, 0.3) is 0 Å². The normalized spacial score (nSPS) is 28.3. The van der Waals surface area contributed by atoms with E-state index in [2.05, 4.69) is 0 Å². The van der Waals surface area contributed by atoms with E-state index in [0.29, 0.717) is 0 Å². The summed E-state index contributed by atoms with van der Waals surface area (Å²) in [5, 5.41) is 1.94. The molecule has 0 N–H and O–H groups in total. The summed E-state index contributed by atoms with van der Waals surface area (Å²) in [5.41, 5.74) is 0.0221. The van der Waals surface area contributed by atoms with Gasteiger partial charge < -0.3 is 9.80 Å². The lowest BCUT2D eigenvalue weighted by Gasteiger charge is -2.32. The fraction of sp³-hybridized carbons (Fsp3) is 0.625. The van der Waals surface area contributed by atoms with E-state index in [-0.39, 0.29) is 23.1 Å². The number of carbonyl (C=O) groups is 2. The van der Waals surface area contributed by atoms with Gasteiger partial charge in [-0.25, -0.2) is 0 Å². The summed E-state index contributed by atoms with van der Waals surface area (Å²) < 4.78 is 0. The van der Waals surface area contributed by atoms with Crippen molar-refractivity contribution in [3.63, 3.8) is 0 Å². The van der Waals surface area contributed by atoms with Crippen LogP contribution in [0.1, 0.15) is 35.4 Å². The van der Waals surface area contributed by atoms with Gasteiger partial charge in [-0.3, -0.25) is 9.59 Å². The number of rotatable bonds is 2. The molecule has 2 atom stereocenters. The number of likely N-dealkylation sites (tertiary alicyclic amines) is 1. The Balaban J connectivity index is 1.76. The second-order valence-corrected chi connectivity index (χ2v) is 7.44. The molecule has 0 unspecified atom stereocenters. The first kappa shape index (κ1) is 14.6. The van der Waals surface area contributed by atoms with Crippen LogP contribution in [-0.2, 0) is 4.79 Å². The largest absolute Gasteiger partial charge is 0.349 e. The molecule has 0 bridgehead atoms. The zero-order chi connectivity index (χ0) is 15.0. The summed E-state index contributed by atoms with van der Waals surface area (Å²) in [6.07, 6.45) is 4.11. The Morgan fingerprint density at radius 1 is 1.38 bits per heavy atom. The minimum absolute atomic E-state index is 0.0221. The quantitative estimate of drug-likeness (QED) is 0.842. The van der Waals surface area contributed by atoms with E-state index in [1.165, 1.54) is 11.3 Å². The van der Waals surface area contributed by atoms with E-state index >= 15 is 0 Å². The van der Waals surface area contributed by atoms with Crippen LogP contribution in [0.15, 0.2) is 17.5 Å². The maximum Gasteiger partial charge on any atom is 0.263 e. The Morgan fingerprint density at radius 2 is 2.19 bits per heavy atom. The Labute approximate surface area is 129 Å². The SMILES string of the molecule is CN(C)C(=O)[C@@H]1CCC[C@]12CCN(C(=O)c1cccs1)C2. The molecule has 1 saturated carbocycles. The zero-order valence-corrected chi connectivity index (χ0v) is 13.5. The van der Waals surface area contributed by atoms with Crippen molar-refractivity contribution in [3.05, 3.63) is 22.4 Å². The second kappa shape index (κ2) is 5.44. The van der Waals surface area contributed by atoms with Gasteiger partial charge in [0, 0.05) is 38.5 Å². The molecular formula is C16H22N2O2S. The lowest BCUT2D eigenvalue weighted by Crippen LogP contribution is -2.40. The van der Waals surface area contributed by atoms with E-state index in [0.717, 1.165) is 43.6 Å². The highest BCUT2D eigenvalue weighted by Gasteiger charge is 2.51. The van der Waals surface area contributed by atoms with Gasteiger partial charge in [0.15, 0.2) is 0 Å².